The topological polar surface area (TPSA) is 69.6 Å². The van der Waals surface area contributed by atoms with Gasteiger partial charge in [-0.3, -0.25) is 9.59 Å². The number of nitrogens with zero attached hydrogens (tertiary/aromatic N) is 1. The number of Topliss-reactive ketones (excluding diaryl/α,β-unsaturated/α-hetero) is 1. The molecule has 1 N–H and O–H groups in total. The Morgan fingerprint density at radius 3 is 2.38 bits per heavy atom. The van der Waals surface area contributed by atoms with Crippen LogP contribution < -0.4 is 20.3 Å². The summed E-state index contributed by atoms with van der Waals surface area (Å²) in [6.45, 7) is 3.30. The number of pyridine rings is 1. The summed E-state index contributed by atoms with van der Waals surface area (Å²) < 4.78 is 13.0. The molecule has 0 bridgehead atoms. The lowest BCUT2D eigenvalue weighted by Crippen LogP contribution is -2.29. The molecule has 6 nitrogen and oxygen atoms in total. The molecule has 0 amide bonds. The SMILES string of the molecule is Cc1ccc(NCc2cc3cc4c(cc3n(CC(=O)Cc3ccccc3)c2=O)OCCO4)cc1. The molecular weight excluding hydrogens is 428 g/mol. The predicted molar refractivity (Wildman–Crippen MR) is 133 cm³/mol. The molecule has 0 aliphatic carbocycles. The number of hydrogen-bond donors (Lipinski definition) is 1. The van der Waals surface area contributed by atoms with Crippen LogP contribution in [0.4, 0.5) is 5.69 Å². The summed E-state index contributed by atoms with van der Waals surface area (Å²) in [7, 11) is 0. The molecule has 4 aromatic rings. The molecule has 6 heteroatoms. The van der Waals surface area contributed by atoms with E-state index in [1.807, 2.05) is 73.7 Å². The molecule has 0 atom stereocenters. The number of anilines is 1. The normalized spacial score (nSPS) is 12.5. The van der Waals surface area contributed by atoms with Crippen molar-refractivity contribution in [3.63, 3.8) is 0 Å². The number of aromatic nitrogens is 1. The number of hydrogen-bond acceptors (Lipinski definition) is 5. The maximum absolute atomic E-state index is 13.5. The van der Waals surface area contributed by atoms with Crippen LogP contribution in [-0.2, 0) is 24.3 Å². The molecule has 0 radical (unpaired) electrons. The van der Waals surface area contributed by atoms with Crippen molar-refractivity contribution >= 4 is 22.4 Å². The number of ether oxygens (including phenoxy) is 2. The smallest absolute Gasteiger partial charge is 0.256 e. The molecule has 0 fully saturated rings. The highest BCUT2D eigenvalue weighted by atomic mass is 16.6. The fourth-order valence-electron chi connectivity index (χ4n) is 4.18. The van der Waals surface area contributed by atoms with E-state index in [9.17, 15) is 9.59 Å². The zero-order valence-corrected chi connectivity index (χ0v) is 19.0. The number of ketones is 1. The van der Waals surface area contributed by atoms with Gasteiger partial charge in [0, 0.05) is 35.7 Å². The van der Waals surface area contributed by atoms with Crippen molar-refractivity contribution in [1.29, 1.82) is 0 Å². The summed E-state index contributed by atoms with van der Waals surface area (Å²) in [5.41, 5.74) is 4.08. The van der Waals surface area contributed by atoms with Gasteiger partial charge in [-0.1, -0.05) is 48.0 Å². The number of aryl methyl sites for hydroxylation is 1. The Morgan fingerprint density at radius 1 is 0.941 bits per heavy atom. The van der Waals surface area contributed by atoms with Crippen molar-refractivity contribution < 1.29 is 14.3 Å². The Hall–Kier alpha value is -4.06. The van der Waals surface area contributed by atoms with E-state index in [-0.39, 0.29) is 24.3 Å². The summed E-state index contributed by atoms with van der Waals surface area (Å²) in [6, 6.07) is 23.1. The van der Waals surface area contributed by atoms with Crippen LogP contribution in [0.25, 0.3) is 10.9 Å². The fourth-order valence-corrected chi connectivity index (χ4v) is 4.18. The number of fused-ring (bicyclic) bond motifs is 2. The second kappa shape index (κ2) is 9.43. The molecule has 1 aromatic heterocycles. The van der Waals surface area contributed by atoms with E-state index in [2.05, 4.69) is 5.32 Å². The Labute approximate surface area is 197 Å². The van der Waals surface area contributed by atoms with Gasteiger partial charge in [-0.15, -0.1) is 0 Å². The van der Waals surface area contributed by atoms with E-state index >= 15 is 0 Å². The van der Waals surface area contributed by atoms with Crippen LogP contribution in [0.15, 0.2) is 77.6 Å². The maximum atomic E-state index is 13.5. The molecule has 0 saturated carbocycles. The highest BCUT2D eigenvalue weighted by Crippen LogP contribution is 2.34. The Bertz CT molecular complexity index is 1390. The van der Waals surface area contributed by atoms with Crippen LogP contribution in [0.3, 0.4) is 0 Å². The number of benzene rings is 3. The molecule has 5 rings (SSSR count). The summed E-state index contributed by atoms with van der Waals surface area (Å²) in [6.07, 6.45) is 0.269. The first kappa shape index (κ1) is 21.8. The second-order valence-corrected chi connectivity index (χ2v) is 8.54. The summed E-state index contributed by atoms with van der Waals surface area (Å²) >= 11 is 0. The molecule has 34 heavy (non-hydrogen) atoms. The van der Waals surface area contributed by atoms with Crippen molar-refractivity contribution in [1.82, 2.24) is 4.57 Å². The minimum atomic E-state index is -0.190. The minimum absolute atomic E-state index is 0.0117. The van der Waals surface area contributed by atoms with Crippen molar-refractivity contribution in [3.8, 4) is 11.5 Å². The van der Waals surface area contributed by atoms with Gasteiger partial charge < -0.3 is 19.4 Å². The lowest BCUT2D eigenvalue weighted by molar-refractivity contribution is -0.119. The van der Waals surface area contributed by atoms with Crippen LogP contribution >= 0.6 is 0 Å². The van der Waals surface area contributed by atoms with Crippen LogP contribution in [-0.4, -0.2) is 23.6 Å². The predicted octanol–water partition coefficient (Wildman–Crippen LogP) is 4.51. The van der Waals surface area contributed by atoms with E-state index < -0.39 is 0 Å². The fraction of sp³-hybridized carbons (Fsp3) is 0.214. The first-order valence-corrected chi connectivity index (χ1v) is 11.4. The average Bonchev–Trinajstić information content (AvgIpc) is 2.85. The molecule has 1 aliphatic rings. The molecule has 3 aromatic carbocycles. The first-order valence-electron chi connectivity index (χ1n) is 11.4. The number of nitrogens with one attached hydrogen (secondary N) is 1. The van der Waals surface area contributed by atoms with E-state index in [1.165, 1.54) is 5.56 Å². The van der Waals surface area contributed by atoms with Gasteiger partial charge in [0.25, 0.3) is 5.56 Å². The minimum Gasteiger partial charge on any atom is -0.486 e. The van der Waals surface area contributed by atoms with Crippen LogP contribution in [0.5, 0.6) is 11.5 Å². The Morgan fingerprint density at radius 2 is 1.65 bits per heavy atom. The average molecular weight is 455 g/mol. The number of carbonyl (C=O) groups excluding carboxylic acids is 1. The summed E-state index contributed by atoms with van der Waals surface area (Å²) in [4.78, 5) is 26.5. The molecule has 2 heterocycles. The van der Waals surface area contributed by atoms with Gasteiger partial charge in [-0.2, -0.15) is 0 Å². The third-order valence-corrected chi connectivity index (χ3v) is 5.94. The molecule has 0 saturated heterocycles. The maximum Gasteiger partial charge on any atom is 0.256 e. The standard InChI is InChI=1S/C28H26N2O4/c1-19-7-9-23(10-8-19)29-17-22-14-21-15-26-27(34-12-11-33-26)16-25(21)30(28(22)32)18-24(31)13-20-5-3-2-4-6-20/h2-10,14-16,29H,11-13,17-18H2,1H3. The van der Waals surface area contributed by atoms with Gasteiger partial charge in [0.05, 0.1) is 12.1 Å². The third kappa shape index (κ3) is 4.66. The quantitative estimate of drug-likeness (QED) is 0.445. The van der Waals surface area contributed by atoms with Gasteiger partial charge >= 0.3 is 0 Å². The lowest BCUT2D eigenvalue weighted by Gasteiger charge is -2.21. The largest absolute Gasteiger partial charge is 0.486 e. The number of carbonyl (C=O) groups is 1. The van der Waals surface area contributed by atoms with Crippen molar-refractivity contribution in [2.75, 3.05) is 18.5 Å². The number of rotatable bonds is 7. The van der Waals surface area contributed by atoms with E-state index in [0.29, 0.717) is 42.3 Å². The van der Waals surface area contributed by atoms with E-state index in [1.54, 1.807) is 10.6 Å². The monoisotopic (exact) mass is 454 g/mol. The van der Waals surface area contributed by atoms with Crippen LogP contribution in [0, 0.1) is 6.92 Å². The van der Waals surface area contributed by atoms with Gasteiger partial charge in [0.2, 0.25) is 0 Å². The van der Waals surface area contributed by atoms with Gasteiger partial charge in [-0.25, -0.2) is 0 Å². The van der Waals surface area contributed by atoms with Gasteiger partial charge in [0.1, 0.15) is 13.2 Å². The molecule has 0 spiro atoms. The second-order valence-electron chi connectivity index (χ2n) is 8.54. The zero-order chi connectivity index (χ0) is 23.5. The molecular formula is C28H26N2O4. The Kier molecular flexibility index (Phi) is 6.04. The van der Waals surface area contributed by atoms with Crippen molar-refractivity contribution in [2.45, 2.75) is 26.4 Å². The van der Waals surface area contributed by atoms with E-state index in [4.69, 9.17) is 9.47 Å². The highest BCUT2D eigenvalue weighted by molar-refractivity contribution is 5.87. The highest BCUT2D eigenvalue weighted by Gasteiger charge is 2.18. The van der Waals surface area contributed by atoms with Crippen LogP contribution in [0.2, 0.25) is 0 Å². The van der Waals surface area contributed by atoms with Gasteiger partial charge in [-0.05, 0) is 36.8 Å². The summed E-state index contributed by atoms with van der Waals surface area (Å²) in [5.74, 6) is 1.21. The van der Waals surface area contributed by atoms with Crippen molar-refractivity contribution in [2.24, 2.45) is 0 Å². The third-order valence-electron chi connectivity index (χ3n) is 5.94. The molecule has 1 aliphatic heterocycles. The zero-order valence-electron chi connectivity index (χ0n) is 19.0. The lowest BCUT2D eigenvalue weighted by atomic mass is 10.1. The first-order chi connectivity index (χ1) is 16.6. The van der Waals surface area contributed by atoms with E-state index in [0.717, 1.165) is 16.6 Å². The molecule has 172 valence electrons. The van der Waals surface area contributed by atoms with Crippen molar-refractivity contribution in [3.05, 3.63) is 99.8 Å². The summed E-state index contributed by atoms with van der Waals surface area (Å²) in [5, 5.41) is 4.15. The Balaban J connectivity index is 1.51. The molecule has 0 unspecified atom stereocenters. The van der Waals surface area contributed by atoms with Crippen LogP contribution in [0.1, 0.15) is 16.7 Å². The van der Waals surface area contributed by atoms with Gasteiger partial charge in [0.15, 0.2) is 17.3 Å².